The number of halogens is 1. The van der Waals surface area contributed by atoms with E-state index >= 15 is 0 Å². The normalized spacial score (nSPS) is 17.4. The van der Waals surface area contributed by atoms with E-state index in [-0.39, 0.29) is 30.2 Å². The average molecular weight is 602 g/mol. The Labute approximate surface area is 254 Å². The molecule has 10 heteroatoms. The van der Waals surface area contributed by atoms with E-state index in [0.717, 1.165) is 56.6 Å². The molecule has 1 heterocycles. The summed E-state index contributed by atoms with van der Waals surface area (Å²) in [6.07, 6.45) is 4.30. The molecule has 1 aromatic carbocycles. The number of hydrogen-bond acceptors (Lipinski definition) is 8. The zero-order valence-electron chi connectivity index (χ0n) is 26.1. The van der Waals surface area contributed by atoms with Gasteiger partial charge in [-0.2, -0.15) is 0 Å². The van der Waals surface area contributed by atoms with Gasteiger partial charge in [-0.3, -0.25) is 4.79 Å². The molecule has 1 saturated heterocycles. The summed E-state index contributed by atoms with van der Waals surface area (Å²) in [5.41, 5.74) is 7.63. The Morgan fingerprint density at radius 1 is 1.10 bits per heavy atom. The SMILES string of the molecule is COCCCOc1cc(C[C@@H](C[C@H](N)[C@@H](O)C[C@@H](C)C(=O)NCCN2CCC(OC)CC2)C(C)C)ccc1OC.Cl. The highest BCUT2D eigenvalue weighted by Gasteiger charge is 2.26. The number of carbonyl (C=O) groups excluding carboxylic acids is 1. The fourth-order valence-corrected chi connectivity index (χ4v) is 5.27. The third kappa shape index (κ3) is 13.5. The van der Waals surface area contributed by atoms with Crippen LogP contribution in [0.4, 0.5) is 0 Å². The van der Waals surface area contributed by atoms with E-state index in [1.54, 1.807) is 21.3 Å². The highest BCUT2D eigenvalue weighted by molar-refractivity contribution is 5.85. The van der Waals surface area contributed by atoms with Gasteiger partial charge in [-0.15, -0.1) is 12.4 Å². The lowest BCUT2D eigenvalue weighted by molar-refractivity contribution is -0.125. The molecule has 0 aliphatic carbocycles. The van der Waals surface area contributed by atoms with Gasteiger partial charge in [0.05, 0.1) is 25.9 Å². The van der Waals surface area contributed by atoms with Gasteiger partial charge >= 0.3 is 0 Å². The molecule has 0 aromatic heterocycles. The summed E-state index contributed by atoms with van der Waals surface area (Å²) >= 11 is 0. The summed E-state index contributed by atoms with van der Waals surface area (Å²) in [6.45, 7) is 10.9. The fraction of sp³-hybridized carbons (Fsp3) is 0.774. The van der Waals surface area contributed by atoms with Crippen molar-refractivity contribution in [2.24, 2.45) is 23.5 Å². The van der Waals surface area contributed by atoms with Crippen LogP contribution in [0.15, 0.2) is 18.2 Å². The maximum absolute atomic E-state index is 12.7. The lowest BCUT2D eigenvalue weighted by atomic mass is 9.82. The van der Waals surface area contributed by atoms with Gasteiger partial charge in [-0.1, -0.05) is 26.8 Å². The molecule has 1 aliphatic rings. The number of nitrogens with zero attached hydrogens (tertiary/aromatic N) is 1. The minimum absolute atomic E-state index is 0. The molecule has 1 aromatic rings. The van der Waals surface area contributed by atoms with E-state index in [4.69, 9.17) is 24.7 Å². The number of piperidine rings is 1. The number of benzene rings is 1. The zero-order chi connectivity index (χ0) is 29.5. The number of amides is 1. The smallest absolute Gasteiger partial charge is 0.222 e. The number of rotatable bonds is 19. The van der Waals surface area contributed by atoms with Crippen molar-refractivity contribution in [2.45, 2.75) is 77.5 Å². The summed E-state index contributed by atoms with van der Waals surface area (Å²) in [6, 6.07) is 5.63. The summed E-state index contributed by atoms with van der Waals surface area (Å²) in [4.78, 5) is 15.0. The Bertz CT molecular complexity index is 853. The van der Waals surface area contributed by atoms with E-state index in [2.05, 4.69) is 30.1 Å². The predicted octanol–water partition coefficient (Wildman–Crippen LogP) is 3.68. The van der Waals surface area contributed by atoms with Crippen LogP contribution >= 0.6 is 12.4 Å². The maximum Gasteiger partial charge on any atom is 0.222 e. The number of nitrogens with one attached hydrogen (secondary N) is 1. The molecule has 9 nitrogen and oxygen atoms in total. The summed E-state index contributed by atoms with van der Waals surface area (Å²) in [5, 5.41) is 13.9. The molecule has 0 bridgehead atoms. The van der Waals surface area contributed by atoms with E-state index < -0.39 is 12.1 Å². The quantitative estimate of drug-likeness (QED) is 0.206. The highest BCUT2D eigenvalue weighted by Crippen LogP contribution is 2.31. The first-order valence-corrected chi connectivity index (χ1v) is 14.9. The van der Waals surface area contributed by atoms with Crippen LogP contribution in [0.25, 0.3) is 0 Å². The van der Waals surface area contributed by atoms with Crippen LogP contribution in [-0.2, 0) is 20.7 Å². The number of carbonyl (C=O) groups is 1. The number of hydrogen-bond donors (Lipinski definition) is 3. The van der Waals surface area contributed by atoms with Gasteiger partial charge in [0.15, 0.2) is 11.5 Å². The second-order valence-corrected chi connectivity index (χ2v) is 11.6. The number of nitrogens with two attached hydrogens (primary N) is 1. The molecular weight excluding hydrogens is 546 g/mol. The molecule has 41 heavy (non-hydrogen) atoms. The summed E-state index contributed by atoms with van der Waals surface area (Å²) in [5.74, 6) is 1.73. The van der Waals surface area contributed by atoms with Crippen molar-refractivity contribution < 1.29 is 28.8 Å². The van der Waals surface area contributed by atoms with Crippen LogP contribution in [0.5, 0.6) is 11.5 Å². The van der Waals surface area contributed by atoms with Crippen LogP contribution < -0.4 is 20.5 Å². The molecule has 0 radical (unpaired) electrons. The Morgan fingerprint density at radius 2 is 1.80 bits per heavy atom. The van der Waals surface area contributed by atoms with Gasteiger partial charge in [-0.05, 0) is 61.6 Å². The van der Waals surface area contributed by atoms with Gasteiger partial charge < -0.3 is 40.0 Å². The first kappa shape index (κ1) is 37.4. The molecule has 4 N–H and O–H groups in total. The monoisotopic (exact) mass is 601 g/mol. The van der Waals surface area contributed by atoms with Crippen molar-refractivity contribution in [3.8, 4) is 11.5 Å². The molecule has 2 rings (SSSR count). The molecular formula is C31H56ClN3O6. The van der Waals surface area contributed by atoms with Crippen molar-refractivity contribution in [1.82, 2.24) is 10.2 Å². The number of aliphatic hydroxyl groups excluding tert-OH is 1. The second-order valence-electron chi connectivity index (χ2n) is 11.6. The molecule has 0 spiro atoms. The van der Waals surface area contributed by atoms with Crippen LogP contribution in [0.2, 0.25) is 0 Å². The van der Waals surface area contributed by atoms with Crippen LogP contribution in [-0.4, -0.2) is 94.9 Å². The largest absolute Gasteiger partial charge is 0.493 e. The summed E-state index contributed by atoms with van der Waals surface area (Å²) < 4.78 is 22.0. The lowest BCUT2D eigenvalue weighted by Gasteiger charge is -2.31. The Balaban J connectivity index is 0.00000840. The maximum atomic E-state index is 12.7. The van der Waals surface area contributed by atoms with Crippen molar-refractivity contribution in [2.75, 3.05) is 60.7 Å². The Morgan fingerprint density at radius 3 is 2.41 bits per heavy atom. The minimum Gasteiger partial charge on any atom is -0.493 e. The van der Waals surface area contributed by atoms with E-state index in [9.17, 15) is 9.90 Å². The molecule has 0 saturated carbocycles. The molecule has 1 aliphatic heterocycles. The predicted molar refractivity (Wildman–Crippen MR) is 166 cm³/mol. The number of aliphatic hydroxyl groups is 1. The van der Waals surface area contributed by atoms with E-state index in [1.807, 2.05) is 19.1 Å². The van der Waals surface area contributed by atoms with Crippen LogP contribution in [0, 0.1) is 17.8 Å². The number of methoxy groups -OCH3 is 3. The van der Waals surface area contributed by atoms with Crippen molar-refractivity contribution in [3.05, 3.63) is 23.8 Å². The third-order valence-corrected chi connectivity index (χ3v) is 8.13. The Hall–Kier alpha value is -1.62. The van der Waals surface area contributed by atoms with E-state index in [1.165, 1.54) is 0 Å². The standard InChI is InChI=1S/C31H55N3O6.ClH/c1-22(2)25(19-24-8-9-29(39-6)30(20-24)40-17-7-16-37-4)21-27(32)28(35)18-23(3)31(36)33-12-15-34-13-10-26(38-5)11-14-34;/h8-9,20,22-23,25-28,35H,7,10-19,21,32H2,1-6H3,(H,33,36);1H/t23-,25+,27+,28+;/m1./s1. The average Bonchev–Trinajstić information content (AvgIpc) is 2.95. The number of ether oxygens (including phenoxy) is 4. The third-order valence-electron chi connectivity index (χ3n) is 8.13. The van der Waals surface area contributed by atoms with Crippen LogP contribution in [0.3, 0.4) is 0 Å². The van der Waals surface area contributed by atoms with Gasteiger partial charge in [0.25, 0.3) is 0 Å². The lowest BCUT2D eigenvalue weighted by Crippen LogP contribution is -2.43. The van der Waals surface area contributed by atoms with Crippen molar-refractivity contribution in [3.63, 3.8) is 0 Å². The second kappa shape index (κ2) is 20.3. The first-order valence-electron chi connectivity index (χ1n) is 14.9. The minimum atomic E-state index is -0.745. The van der Waals surface area contributed by atoms with Crippen LogP contribution in [0.1, 0.15) is 58.4 Å². The van der Waals surface area contributed by atoms with Crippen molar-refractivity contribution >= 4 is 18.3 Å². The molecule has 1 fully saturated rings. The van der Waals surface area contributed by atoms with Gasteiger partial charge in [0, 0.05) is 65.4 Å². The van der Waals surface area contributed by atoms with Gasteiger partial charge in [0.1, 0.15) is 0 Å². The van der Waals surface area contributed by atoms with Gasteiger partial charge in [-0.25, -0.2) is 0 Å². The highest BCUT2D eigenvalue weighted by atomic mass is 35.5. The molecule has 4 atom stereocenters. The Kier molecular flexibility index (Phi) is 18.5. The molecule has 0 unspecified atom stereocenters. The molecule has 1 amide bonds. The van der Waals surface area contributed by atoms with Crippen molar-refractivity contribution in [1.29, 1.82) is 0 Å². The zero-order valence-corrected chi connectivity index (χ0v) is 26.9. The summed E-state index contributed by atoms with van der Waals surface area (Å²) in [7, 11) is 5.09. The molecule has 238 valence electrons. The topological polar surface area (TPSA) is 116 Å². The first-order chi connectivity index (χ1) is 19.2. The number of likely N-dealkylation sites (tertiary alicyclic amines) is 1. The van der Waals surface area contributed by atoms with E-state index in [0.29, 0.717) is 50.4 Å². The van der Waals surface area contributed by atoms with Gasteiger partial charge in [0.2, 0.25) is 5.91 Å². The fourth-order valence-electron chi connectivity index (χ4n) is 5.27.